The van der Waals surface area contributed by atoms with Crippen molar-refractivity contribution >= 4 is 33.4 Å². The minimum Gasteiger partial charge on any atom is -0.334 e. The number of sulfonamides is 1. The van der Waals surface area contributed by atoms with Gasteiger partial charge in [0.2, 0.25) is 5.91 Å². The van der Waals surface area contributed by atoms with Crippen LogP contribution >= 0.6 is 11.8 Å². The van der Waals surface area contributed by atoms with Crippen molar-refractivity contribution in [2.75, 3.05) is 24.7 Å². The molecule has 0 aliphatic carbocycles. The van der Waals surface area contributed by atoms with E-state index in [2.05, 4.69) is 10.3 Å². The third-order valence-electron chi connectivity index (χ3n) is 4.87. The number of aromatic nitrogens is 2. The highest BCUT2D eigenvalue weighted by Crippen LogP contribution is 2.25. The Labute approximate surface area is 170 Å². The standard InChI is InChI=1S/C19H26N4O3S2/c1-14(2)22-12-18(20-13-22)28(25,26)23-9-5-6-15(11-23)19(24)21-16-7-4-8-17(10-16)27-3/h4,7-8,10,12-15H,5-6,9,11H2,1-3H3,(H,21,24). The number of hydrogen-bond donors (Lipinski definition) is 1. The van der Waals surface area contributed by atoms with Gasteiger partial charge in [-0.1, -0.05) is 6.07 Å². The Morgan fingerprint density at radius 1 is 1.36 bits per heavy atom. The first-order valence-corrected chi connectivity index (χ1v) is 12.0. The normalized spacial score (nSPS) is 18.4. The van der Waals surface area contributed by atoms with Crippen molar-refractivity contribution in [2.45, 2.75) is 42.7 Å². The van der Waals surface area contributed by atoms with Gasteiger partial charge >= 0.3 is 0 Å². The first-order chi connectivity index (χ1) is 13.3. The van der Waals surface area contributed by atoms with Crippen molar-refractivity contribution in [2.24, 2.45) is 5.92 Å². The van der Waals surface area contributed by atoms with Crippen LogP contribution < -0.4 is 5.32 Å². The SMILES string of the molecule is CSc1cccc(NC(=O)C2CCCN(S(=O)(=O)c3cn(C(C)C)cn3)C2)c1. The second-order valence-electron chi connectivity index (χ2n) is 7.18. The average molecular weight is 423 g/mol. The average Bonchev–Trinajstić information content (AvgIpc) is 3.20. The van der Waals surface area contributed by atoms with Gasteiger partial charge in [-0.15, -0.1) is 11.8 Å². The molecule has 1 fully saturated rings. The van der Waals surface area contributed by atoms with E-state index in [1.807, 2.05) is 44.4 Å². The number of hydrogen-bond acceptors (Lipinski definition) is 5. The Kier molecular flexibility index (Phi) is 6.47. The smallest absolute Gasteiger partial charge is 0.262 e. The predicted molar refractivity (Wildman–Crippen MR) is 111 cm³/mol. The van der Waals surface area contributed by atoms with Crippen molar-refractivity contribution in [3.8, 4) is 0 Å². The number of benzene rings is 1. The molecule has 1 aromatic heterocycles. The quantitative estimate of drug-likeness (QED) is 0.723. The van der Waals surface area contributed by atoms with E-state index in [0.717, 1.165) is 10.6 Å². The van der Waals surface area contributed by atoms with Gasteiger partial charge in [0.25, 0.3) is 10.0 Å². The fourth-order valence-electron chi connectivity index (χ4n) is 3.19. The van der Waals surface area contributed by atoms with Gasteiger partial charge < -0.3 is 9.88 Å². The number of rotatable bonds is 6. The lowest BCUT2D eigenvalue weighted by Gasteiger charge is -2.30. The third-order valence-corrected chi connectivity index (χ3v) is 7.35. The molecule has 1 saturated heterocycles. The summed E-state index contributed by atoms with van der Waals surface area (Å²) in [6, 6.07) is 7.76. The summed E-state index contributed by atoms with van der Waals surface area (Å²) >= 11 is 1.60. The van der Waals surface area contributed by atoms with Crippen LogP contribution in [-0.4, -0.2) is 47.5 Å². The summed E-state index contributed by atoms with van der Waals surface area (Å²) in [5.41, 5.74) is 0.729. The van der Waals surface area contributed by atoms with E-state index >= 15 is 0 Å². The van der Waals surface area contributed by atoms with Crippen LogP contribution in [0.2, 0.25) is 0 Å². The van der Waals surface area contributed by atoms with Crippen LogP contribution in [0, 0.1) is 5.92 Å². The summed E-state index contributed by atoms with van der Waals surface area (Å²) in [6.45, 7) is 4.50. The third kappa shape index (κ3) is 4.59. The first kappa shape index (κ1) is 20.9. The Bertz CT molecular complexity index is 940. The number of nitrogens with zero attached hydrogens (tertiary/aromatic N) is 3. The van der Waals surface area contributed by atoms with Crippen LogP contribution in [0.15, 0.2) is 46.7 Å². The number of amides is 1. The number of thioether (sulfide) groups is 1. The first-order valence-electron chi connectivity index (χ1n) is 9.30. The molecular weight excluding hydrogens is 396 g/mol. The predicted octanol–water partition coefficient (Wildman–Crippen LogP) is 3.23. The summed E-state index contributed by atoms with van der Waals surface area (Å²) in [6.07, 6.45) is 6.38. The molecule has 1 aliphatic rings. The van der Waals surface area contributed by atoms with Crippen molar-refractivity contribution in [1.29, 1.82) is 0 Å². The molecule has 152 valence electrons. The lowest BCUT2D eigenvalue weighted by atomic mass is 9.99. The molecule has 2 heterocycles. The van der Waals surface area contributed by atoms with Crippen LogP contribution in [0.3, 0.4) is 0 Å². The topological polar surface area (TPSA) is 84.3 Å². The molecule has 7 nitrogen and oxygen atoms in total. The molecule has 0 radical (unpaired) electrons. The Balaban J connectivity index is 1.71. The van der Waals surface area contributed by atoms with Gasteiger partial charge in [0.1, 0.15) is 0 Å². The summed E-state index contributed by atoms with van der Waals surface area (Å²) in [4.78, 5) is 17.8. The Hall–Kier alpha value is -1.84. The molecular formula is C19H26N4O3S2. The zero-order valence-electron chi connectivity index (χ0n) is 16.3. The van der Waals surface area contributed by atoms with E-state index in [1.165, 1.54) is 10.6 Å². The lowest BCUT2D eigenvalue weighted by Crippen LogP contribution is -2.43. The number of nitrogens with one attached hydrogen (secondary N) is 1. The number of piperidine rings is 1. The molecule has 0 saturated carbocycles. The molecule has 3 rings (SSSR count). The summed E-state index contributed by atoms with van der Waals surface area (Å²) < 4.78 is 29.0. The Morgan fingerprint density at radius 2 is 2.14 bits per heavy atom. The van der Waals surface area contributed by atoms with Gasteiger partial charge in [0, 0.05) is 35.9 Å². The van der Waals surface area contributed by atoms with Crippen molar-refractivity contribution in [3.05, 3.63) is 36.8 Å². The molecule has 1 aromatic carbocycles. The van der Waals surface area contributed by atoms with E-state index in [1.54, 1.807) is 22.5 Å². The van der Waals surface area contributed by atoms with Gasteiger partial charge in [-0.25, -0.2) is 13.4 Å². The van der Waals surface area contributed by atoms with E-state index in [4.69, 9.17) is 0 Å². The monoisotopic (exact) mass is 422 g/mol. The van der Waals surface area contributed by atoms with Gasteiger partial charge in [-0.3, -0.25) is 4.79 Å². The molecule has 28 heavy (non-hydrogen) atoms. The highest BCUT2D eigenvalue weighted by atomic mass is 32.2. The zero-order chi connectivity index (χ0) is 20.3. The van der Waals surface area contributed by atoms with E-state index < -0.39 is 10.0 Å². The summed E-state index contributed by atoms with van der Waals surface area (Å²) in [5.74, 6) is -0.528. The fourth-order valence-corrected chi connectivity index (χ4v) is 5.09. The van der Waals surface area contributed by atoms with Crippen molar-refractivity contribution in [1.82, 2.24) is 13.9 Å². The molecule has 0 bridgehead atoms. The van der Waals surface area contributed by atoms with Gasteiger partial charge in [-0.2, -0.15) is 4.31 Å². The molecule has 1 atom stereocenters. The van der Waals surface area contributed by atoms with Crippen molar-refractivity contribution < 1.29 is 13.2 Å². The molecule has 2 aromatic rings. The maximum Gasteiger partial charge on any atom is 0.262 e. The van der Waals surface area contributed by atoms with Crippen LogP contribution in [-0.2, 0) is 14.8 Å². The molecule has 9 heteroatoms. The number of imidazole rings is 1. The van der Waals surface area contributed by atoms with E-state index in [0.29, 0.717) is 19.4 Å². The van der Waals surface area contributed by atoms with Crippen LogP contribution in [0.5, 0.6) is 0 Å². The molecule has 0 spiro atoms. The van der Waals surface area contributed by atoms with Crippen LogP contribution in [0.25, 0.3) is 0 Å². The van der Waals surface area contributed by atoms with E-state index in [9.17, 15) is 13.2 Å². The molecule has 1 aliphatic heterocycles. The number of anilines is 1. The molecule has 1 unspecified atom stereocenters. The minimum absolute atomic E-state index is 0.0370. The second kappa shape index (κ2) is 8.67. The maximum atomic E-state index is 12.9. The summed E-state index contributed by atoms with van der Waals surface area (Å²) in [5, 5.41) is 2.96. The summed E-state index contributed by atoms with van der Waals surface area (Å²) in [7, 11) is -3.71. The number of carbonyl (C=O) groups is 1. The zero-order valence-corrected chi connectivity index (χ0v) is 18.0. The van der Waals surface area contributed by atoms with Crippen LogP contribution in [0.4, 0.5) is 5.69 Å². The van der Waals surface area contributed by atoms with Gasteiger partial charge in [0.15, 0.2) is 5.03 Å². The fraction of sp³-hybridized carbons (Fsp3) is 0.474. The van der Waals surface area contributed by atoms with Gasteiger partial charge in [0.05, 0.1) is 12.2 Å². The van der Waals surface area contributed by atoms with Gasteiger partial charge in [-0.05, 0) is 51.1 Å². The van der Waals surface area contributed by atoms with E-state index in [-0.39, 0.29) is 29.4 Å². The highest BCUT2D eigenvalue weighted by molar-refractivity contribution is 7.98. The molecule has 1 amide bonds. The second-order valence-corrected chi connectivity index (χ2v) is 9.94. The highest BCUT2D eigenvalue weighted by Gasteiger charge is 2.34. The largest absolute Gasteiger partial charge is 0.334 e. The Morgan fingerprint density at radius 3 is 2.82 bits per heavy atom. The molecule has 1 N–H and O–H groups in total. The maximum absolute atomic E-state index is 12.9. The van der Waals surface area contributed by atoms with Crippen LogP contribution in [0.1, 0.15) is 32.7 Å². The minimum atomic E-state index is -3.71. The van der Waals surface area contributed by atoms with Crippen molar-refractivity contribution in [3.63, 3.8) is 0 Å². The lowest BCUT2D eigenvalue weighted by molar-refractivity contribution is -0.120. The number of carbonyl (C=O) groups excluding carboxylic acids is 1.